The van der Waals surface area contributed by atoms with Crippen LogP contribution in [0.5, 0.6) is 0 Å². The van der Waals surface area contributed by atoms with Gasteiger partial charge in [-0.2, -0.15) is 0 Å². The molecule has 0 spiro atoms. The molecular formula is C17H32N2O4. The third-order valence-electron chi connectivity index (χ3n) is 4.28. The molecule has 0 heterocycles. The number of hydrogen-bond donors (Lipinski definition) is 1. The molecule has 2 aliphatic carbocycles. The maximum absolute atomic E-state index is 12.3. The molecule has 6 heteroatoms. The number of carbonyl (C=O) groups is 1. The Morgan fingerprint density at radius 2 is 2.00 bits per heavy atom. The van der Waals surface area contributed by atoms with Crippen LogP contribution in [0.2, 0.25) is 0 Å². The predicted octanol–water partition coefficient (Wildman–Crippen LogP) is 2.17. The fourth-order valence-corrected chi connectivity index (χ4v) is 2.97. The summed E-state index contributed by atoms with van der Waals surface area (Å²) >= 11 is 0. The number of nitrogens with one attached hydrogen (secondary N) is 1. The topological polar surface area (TPSA) is 60.0 Å². The lowest BCUT2D eigenvalue weighted by Crippen LogP contribution is -2.60. The largest absolute Gasteiger partial charge is 0.444 e. The van der Waals surface area contributed by atoms with Crippen LogP contribution in [0.15, 0.2) is 0 Å². The second kappa shape index (κ2) is 7.81. The van der Waals surface area contributed by atoms with Crippen LogP contribution >= 0.6 is 0 Å². The van der Waals surface area contributed by atoms with Crippen molar-refractivity contribution in [1.29, 1.82) is 0 Å². The van der Waals surface area contributed by atoms with E-state index in [0.717, 1.165) is 25.8 Å². The molecule has 0 aromatic heterocycles. The summed E-state index contributed by atoms with van der Waals surface area (Å²) in [5, 5.41) is 3.48. The zero-order chi connectivity index (χ0) is 17.0. The molecule has 2 fully saturated rings. The highest BCUT2D eigenvalue weighted by molar-refractivity contribution is 5.69. The van der Waals surface area contributed by atoms with Crippen LogP contribution in [0.3, 0.4) is 0 Å². The van der Waals surface area contributed by atoms with Crippen LogP contribution in [0.25, 0.3) is 0 Å². The average molecular weight is 328 g/mol. The number of hydrogen-bond acceptors (Lipinski definition) is 5. The van der Waals surface area contributed by atoms with E-state index in [1.54, 1.807) is 7.11 Å². The molecule has 134 valence electrons. The molecule has 0 bridgehead atoms. The van der Waals surface area contributed by atoms with Gasteiger partial charge in [-0.1, -0.05) is 0 Å². The van der Waals surface area contributed by atoms with E-state index in [1.807, 2.05) is 32.6 Å². The Morgan fingerprint density at radius 1 is 1.30 bits per heavy atom. The summed E-state index contributed by atoms with van der Waals surface area (Å²) in [5.41, 5.74) is -0.447. The van der Waals surface area contributed by atoms with Gasteiger partial charge in [0.25, 0.3) is 0 Å². The number of ether oxygens (including phenoxy) is 3. The Labute approximate surface area is 139 Å². The lowest BCUT2D eigenvalue weighted by atomic mass is 9.85. The molecule has 23 heavy (non-hydrogen) atoms. The van der Waals surface area contributed by atoms with E-state index in [4.69, 9.17) is 14.2 Å². The second-order valence-corrected chi connectivity index (χ2v) is 7.40. The fourth-order valence-electron chi connectivity index (χ4n) is 2.97. The van der Waals surface area contributed by atoms with E-state index in [0.29, 0.717) is 25.2 Å². The van der Waals surface area contributed by atoms with E-state index in [-0.39, 0.29) is 18.3 Å². The van der Waals surface area contributed by atoms with Crippen LogP contribution in [-0.4, -0.2) is 67.7 Å². The summed E-state index contributed by atoms with van der Waals surface area (Å²) in [6.07, 6.45) is 3.21. The molecule has 2 aliphatic rings. The first-order valence-corrected chi connectivity index (χ1v) is 8.73. The number of carbonyl (C=O) groups excluding carboxylic acids is 1. The molecule has 0 radical (unpaired) electrons. The summed E-state index contributed by atoms with van der Waals surface area (Å²) in [4.78, 5) is 14.1. The molecule has 2 saturated carbocycles. The molecule has 0 aliphatic heterocycles. The zero-order valence-corrected chi connectivity index (χ0v) is 15.1. The molecular weight excluding hydrogens is 296 g/mol. The Kier molecular flexibility index (Phi) is 6.28. The molecule has 1 N–H and O–H groups in total. The Morgan fingerprint density at radius 3 is 2.52 bits per heavy atom. The highest BCUT2D eigenvalue weighted by Crippen LogP contribution is 2.29. The summed E-state index contributed by atoms with van der Waals surface area (Å²) in [5.74, 6) is 0. The summed E-state index contributed by atoms with van der Waals surface area (Å²) in [7, 11) is 1.72. The Hall–Kier alpha value is -0.850. The average Bonchev–Trinajstić information content (AvgIpc) is 3.23. The van der Waals surface area contributed by atoms with Crippen molar-refractivity contribution in [2.24, 2.45) is 0 Å². The van der Waals surface area contributed by atoms with Crippen molar-refractivity contribution >= 4 is 6.09 Å². The number of nitrogens with zero attached hydrogens (tertiary/aromatic N) is 1. The van der Waals surface area contributed by atoms with Crippen molar-refractivity contribution in [3.8, 4) is 0 Å². The number of methoxy groups -OCH3 is 1. The summed E-state index contributed by atoms with van der Waals surface area (Å²) in [6.45, 7) is 9.84. The minimum Gasteiger partial charge on any atom is -0.444 e. The first kappa shape index (κ1) is 18.5. The van der Waals surface area contributed by atoms with Crippen molar-refractivity contribution in [1.82, 2.24) is 10.2 Å². The fraction of sp³-hybridized carbons (Fsp3) is 0.941. The molecule has 3 atom stereocenters. The minimum absolute atomic E-state index is 0.103. The number of rotatable bonds is 8. The molecule has 3 unspecified atom stereocenters. The predicted molar refractivity (Wildman–Crippen MR) is 88.6 cm³/mol. The van der Waals surface area contributed by atoms with Crippen molar-refractivity contribution < 1.29 is 19.0 Å². The van der Waals surface area contributed by atoms with Crippen LogP contribution in [0, 0.1) is 0 Å². The van der Waals surface area contributed by atoms with Gasteiger partial charge < -0.3 is 24.4 Å². The smallest absolute Gasteiger partial charge is 0.410 e. The minimum atomic E-state index is -0.447. The lowest BCUT2D eigenvalue weighted by Gasteiger charge is -2.43. The van der Waals surface area contributed by atoms with Gasteiger partial charge in [-0.3, -0.25) is 0 Å². The molecule has 2 rings (SSSR count). The van der Waals surface area contributed by atoms with E-state index in [1.165, 1.54) is 0 Å². The maximum atomic E-state index is 12.3. The van der Waals surface area contributed by atoms with E-state index in [2.05, 4.69) is 5.32 Å². The van der Waals surface area contributed by atoms with Gasteiger partial charge >= 0.3 is 6.09 Å². The molecule has 0 aromatic carbocycles. The van der Waals surface area contributed by atoms with Crippen molar-refractivity contribution in [3.05, 3.63) is 0 Å². The summed E-state index contributed by atoms with van der Waals surface area (Å²) in [6, 6.07) is 0.652. The SMILES string of the molecule is CCOC1CC(NCCN(C(=O)OC(C)(C)C)C2CC2)C1OC. The molecule has 0 saturated heterocycles. The van der Waals surface area contributed by atoms with Crippen LogP contribution in [0.4, 0.5) is 4.79 Å². The zero-order valence-electron chi connectivity index (χ0n) is 15.1. The maximum Gasteiger partial charge on any atom is 0.410 e. The van der Waals surface area contributed by atoms with Gasteiger partial charge in [0.05, 0.1) is 12.2 Å². The quantitative estimate of drug-likeness (QED) is 0.740. The van der Waals surface area contributed by atoms with Gasteiger partial charge in [0.15, 0.2) is 0 Å². The van der Waals surface area contributed by atoms with Crippen LogP contribution < -0.4 is 5.32 Å². The second-order valence-electron chi connectivity index (χ2n) is 7.40. The molecule has 6 nitrogen and oxygen atoms in total. The number of amides is 1. The van der Waals surface area contributed by atoms with Crippen molar-refractivity contribution in [3.63, 3.8) is 0 Å². The molecule has 0 aromatic rings. The standard InChI is InChI=1S/C17H32N2O4/c1-6-22-14-11-13(15(14)21-5)18-9-10-19(12-7-8-12)16(20)23-17(2,3)4/h12-15,18H,6-11H2,1-5H3. The van der Waals surface area contributed by atoms with E-state index < -0.39 is 5.60 Å². The highest BCUT2D eigenvalue weighted by atomic mass is 16.6. The third kappa shape index (κ3) is 5.33. The third-order valence-corrected chi connectivity index (χ3v) is 4.28. The van der Waals surface area contributed by atoms with Crippen molar-refractivity contribution in [2.75, 3.05) is 26.8 Å². The van der Waals surface area contributed by atoms with Gasteiger partial charge in [0, 0.05) is 38.9 Å². The lowest BCUT2D eigenvalue weighted by molar-refractivity contribution is -0.131. The summed E-state index contributed by atoms with van der Waals surface area (Å²) < 4.78 is 16.6. The Bertz CT molecular complexity index is 393. The Balaban J connectivity index is 1.74. The molecule has 1 amide bonds. The van der Waals surface area contributed by atoms with E-state index in [9.17, 15) is 4.79 Å². The normalized spacial score (nSPS) is 27.4. The van der Waals surface area contributed by atoms with Gasteiger partial charge in [0.1, 0.15) is 5.60 Å². The van der Waals surface area contributed by atoms with Gasteiger partial charge in [-0.05, 0) is 47.0 Å². The van der Waals surface area contributed by atoms with E-state index >= 15 is 0 Å². The van der Waals surface area contributed by atoms with Gasteiger partial charge in [-0.25, -0.2) is 4.79 Å². The van der Waals surface area contributed by atoms with Crippen LogP contribution in [0.1, 0.15) is 47.0 Å². The van der Waals surface area contributed by atoms with Crippen LogP contribution in [-0.2, 0) is 14.2 Å². The van der Waals surface area contributed by atoms with Crippen molar-refractivity contribution in [2.45, 2.75) is 76.9 Å². The first-order chi connectivity index (χ1) is 10.9. The van der Waals surface area contributed by atoms with Gasteiger partial charge in [-0.15, -0.1) is 0 Å². The monoisotopic (exact) mass is 328 g/mol. The first-order valence-electron chi connectivity index (χ1n) is 8.73. The highest BCUT2D eigenvalue weighted by Gasteiger charge is 2.42. The van der Waals surface area contributed by atoms with Gasteiger partial charge in [0.2, 0.25) is 0 Å².